The van der Waals surface area contributed by atoms with Crippen LogP contribution < -0.4 is 0 Å². The molecule has 0 atom stereocenters. The van der Waals surface area contributed by atoms with Gasteiger partial charge in [-0.05, 0) is 23.7 Å². The number of terminal acetylenes is 7. The Morgan fingerprint density at radius 1 is 0.380 bits per heavy atom. The molecule has 0 N–H and O–H groups in total. The second-order valence-electron chi connectivity index (χ2n) is 13.0. The second-order valence-corrected chi connectivity index (χ2v) is 13.0. The highest BCUT2D eigenvalue weighted by atomic mass is 16.5. The fraction of sp³-hybridized carbons (Fsp3) is 0.674. The van der Waals surface area contributed by atoms with Crippen LogP contribution in [0.1, 0.15) is 55.4 Å². The minimum Gasteiger partial charge on any atom is -0.368 e. The molecule has 0 saturated carbocycles. The molecule has 0 unspecified atom stereocenters. The van der Waals surface area contributed by atoms with Crippen LogP contribution in [0.5, 0.6) is 0 Å². The van der Waals surface area contributed by atoms with Crippen LogP contribution in [0.2, 0.25) is 0 Å². The third-order valence-corrected chi connectivity index (χ3v) is 8.34. The molecule has 0 aliphatic rings. The van der Waals surface area contributed by atoms with Gasteiger partial charge in [0.05, 0.1) is 46.2 Å². The molecular formula is C43H64O7. The van der Waals surface area contributed by atoms with Crippen LogP contribution in [0.4, 0.5) is 0 Å². The number of hydrogen-bond donors (Lipinski definition) is 0. The van der Waals surface area contributed by atoms with Crippen LogP contribution in [0.3, 0.4) is 0 Å². The summed E-state index contributed by atoms with van der Waals surface area (Å²) in [4.78, 5) is 0. The first-order chi connectivity index (χ1) is 23.9. The molecule has 0 spiro atoms. The lowest BCUT2D eigenvalue weighted by Gasteiger charge is -2.40. The molecule has 0 bridgehead atoms. The van der Waals surface area contributed by atoms with Crippen molar-refractivity contribution in [3.05, 3.63) is 0 Å². The Hall–Kier alpha value is -3.36. The first kappa shape index (κ1) is 51.0. The van der Waals surface area contributed by atoms with Gasteiger partial charge in [0.15, 0.2) is 0 Å². The predicted octanol–water partition coefficient (Wildman–Crippen LogP) is 5.72. The average Bonchev–Trinajstić information content (AvgIpc) is 3.07. The summed E-state index contributed by atoms with van der Waals surface area (Å²) in [5, 5.41) is 0. The van der Waals surface area contributed by atoms with Crippen LogP contribution >= 0.6 is 0 Å². The molecule has 0 aromatic carbocycles. The number of hydrogen-bond acceptors (Lipinski definition) is 7. The summed E-state index contributed by atoms with van der Waals surface area (Å²) in [7, 11) is 0. The zero-order chi connectivity index (χ0) is 38.7. The quantitative estimate of drug-likeness (QED) is 0.0897. The zero-order valence-corrected chi connectivity index (χ0v) is 32.2. The lowest BCUT2D eigenvalue weighted by molar-refractivity contribution is -0.0795. The average molecular weight is 693 g/mol. The van der Waals surface area contributed by atoms with Gasteiger partial charge in [-0.15, -0.1) is 45.0 Å². The van der Waals surface area contributed by atoms with E-state index in [9.17, 15) is 0 Å². The van der Waals surface area contributed by atoms with Gasteiger partial charge in [-0.3, -0.25) is 0 Å². The SMILES string of the molecule is C#CCOCC(COCC#C)(C(C)C)C(C)C.C#CCOCC(COCC#C)(COCC#C)C(C)C.C#CCOCC(COCC#C)C(C)C. The maximum absolute atomic E-state index is 5.53. The lowest BCUT2D eigenvalue weighted by Crippen LogP contribution is -2.42. The summed E-state index contributed by atoms with van der Waals surface area (Å²) in [5.74, 6) is 19.2. The Balaban J connectivity index is -0.000000671. The molecule has 0 fully saturated rings. The number of ether oxygens (including phenoxy) is 7. The fourth-order valence-electron chi connectivity index (χ4n) is 4.51. The Morgan fingerprint density at radius 2 is 0.640 bits per heavy atom. The first-order valence-electron chi connectivity index (χ1n) is 16.9. The third-order valence-electron chi connectivity index (χ3n) is 8.34. The van der Waals surface area contributed by atoms with E-state index in [1.54, 1.807) is 0 Å². The summed E-state index contributed by atoms with van der Waals surface area (Å²) in [6.07, 6.45) is 36.1. The van der Waals surface area contributed by atoms with E-state index in [4.69, 9.17) is 78.1 Å². The van der Waals surface area contributed by atoms with Crippen molar-refractivity contribution in [1.29, 1.82) is 0 Å². The predicted molar refractivity (Wildman–Crippen MR) is 205 cm³/mol. The summed E-state index contributed by atoms with van der Waals surface area (Å²) >= 11 is 0. The van der Waals surface area contributed by atoms with Gasteiger partial charge in [0.25, 0.3) is 0 Å². The molecular weight excluding hydrogens is 628 g/mol. The minimum atomic E-state index is -0.301. The molecule has 0 heterocycles. The van der Waals surface area contributed by atoms with E-state index >= 15 is 0 Å². The Labute approximate surface area is 307 Å². The normalized spacial score (nSPS) is 10.8. The van der Waals surface area contributed by atoms with Gasteiger partial charge in [0.1, 0.15) is 46.2 Å². The molecule has 7 nitrogen and oxygen atoms in total. The van der Waals surface area contributed by atoms with Crippen LogP contribution in [0, 0.1) is 127 Å². The van der Waals surface area contributed by atoms with Crippen molar-refractivity contribution in [2.75, 3.05) is 92.5 Å². The Morgan fingerprint density at radius 3 is 0.860 bits per heavy atom. The Bertz CT molecular complexity index is 1020. The van der Waals surface area contributed by atoms with Crippen molar-refractivity contribution in [1.82, 2.24) is 0 Å². The molecule has 0 aliphatic heterocycles. The maximum atomic E-state index is 5.53. The standard InChI is InChI=1S/C16H22O3.C15H24O2.C12H18O2/c1-6-9-17-12-16(15(4)5,13-18-10-7-2)14-19-11-8-3;1-7-9-16-11-15(13(3)4,14(5)6)12-17-10-8-2;1-5-7-13-9-12(11(3)4)10-14-8-6-2/h1-3,15H,9-14H2,4-5H3;1-2,13-14H,9-12H2,3-6H3;1-2,11-12H,7-10H2,3-4H3. The fourth-order valence-corrected chi connectivity index (χ4v) is 4.51. The van der Waals surface area contributed by atoms with Gasteiger partial charge < -0.3 is 33.2 Å². The molecule has 0 aromatic heterocycles. The van der Waals surface area contributed by atoms with Crippen LogP contribution in [0.25, 0.3) is 0 Å². The summed E-state index contributed by atoms with van der Waals surface area (Å²) in [5.41, 5.74) is -0.335. The molecule has 0 rings (SSSR count). The summed E-state index contributed by atoms with van der Waals surface area (Å²) in [6, 6.07) is 0. The third kappa shape index (κ3) is 24.7. The molecule has 7 heteroatoms. The van der Waals surface area contributed by atoms with Gasteiger partial charge in [-0.25, -0.2) is 0 Å². The van der Waals surface area contributed by atoms with Crippen molar-refractivity contribution in [3.63, 3.8) is 0 Å². The number of rotatable bonds is 25. The van der Waals surface area contributed by atoms with Crippen LogP contribution in [-0.4, -0.2) is 92.5 Å². The van der Waals surface area contributed by atoms with Gasteiger partial charge in [0, 0.05) is 16.7 Å². The van der Waals surface area contributed by atoms with Gasteiger partial charge >= 0.3 is 0 Å². The van der Waals surface area contributed by atoms with E-state index in [0.29, 0.717) is 96.3 Å². The van der Waals surface area contributed by atoms with Crippen molar-refractivity contribution in [2.45, 2.75) is 55.4 Å². The molecule has 278 valence electrons. The molecule has 0 aliphatic carbocycles. The topological polar surface area (TPSA) is 64.6 Å². The monoisotopic (exact) mass is 692 g/mol. The van der Waals surface area contributed by atoms with Gasteiger partial charge in [-0.1, -0.05) is 96.8 Å². The van der Waals surface area contributed by atoms with E-state index in [1.807, 2.05) is 0 Å². The summed E-state index contributed by atoms with van der Waals surface area (Å²) in [6.45, 7) is 23.2. The molecule has 0 amide bonds. The molecule has 0 aromatic rings. The molecule has 0 radical (unpaired) electrons. The Kier molecular flexibility index (Phi) is 34.8. The highest BCUT2D eigenvalue weighted by Crippen LogP contribution is 2.36. The van der Waals surface area contributed by atoms with Crippen molar-refractivity contribution < 1.29 is 33.2 Å². The first-order valence-corrected chi connectivity index (χ1v) is 16.9. The van der Waals surface area contributed by atoms with Gasteiger partial charge in [-0.2, -0.15) is 0 Å². The lowest BCUT2D eigenvalue weighted by atomic mass is 9.70. The maximum Gasteiger partial charge on any atom is 0.107 e. The highest BCUT2D eigenvalue weighted by molar-refractivity contribution is 4.91. The van der Waals surface area contributed by atoms with E-state index in [2.05, 4.69) is 96.8 Å². The minimum absolute atomic E-state index is 0.0340. The van der Waals surface area contributed by atoms with Crippen molar-refractivity contribution >= 4 is 0 Å². The van der Waals surface area contributed by atoms with Gasteiger partial charge in [0.2, 0.25) is 0 Å². The van der Waals surface area contributed by atoms with Crippen molar-refractivity contribution in [2.24, 2.45) is 40.4 Å². The molecule has 50 heavy (non-hydrogen) atoms. The van der Waals surface area contributed by atoms with Crippen molar-refractivity contribution in [3.8, 4) is 86.4 Å². The summed E-state index contributed by atoms with van der Waals surface area (Å²) < 4.78 is 38.0. The smallest absolute Gasteiger partial charge is 0.107 e. The molecule has 0 saturated heterocycles. The largest absolute Gasteiger partial charge is 0.368 e. The van der Waals surface area contributed by atoms with Crippen LogP contribution in [-0.2, 0) is 33.2 Å². The van der Waals surface area contributed by atoms with Crippen LogP contribution in [0.15, 0.2) is 0 Å². The van der Waals surface area contributed by atoms with E-state index in [1.165, 1.54) is 0 Å². The van der Waals surface area contributed by atoms with E-state index < -0.39 is 0 Å². The van der Waals surface area contributed by atoms with E-state index in [0.717, 1.165) is 0 Å². The van der Waals surface area contributed by atoms with E-state index in [-0.39, 0.29) is 36.6 Å². The highest BCUT2D eigenvalue weighted by Gasteiger charge is 2.38. The second kappa shape index (κ2) is 34.1. The zero-order valence-electron chi connectivity index (χ0n) is 32.2.